The molecule has 1 unspecified atom stereocenters. The molecule has 2 heterocycles. The second-order valence-corrected chi connectivity index (χ2v) is 7.84. The molecular weight excluding hydrogens is 358 g/mol. The Hall–Kier alpha value is -1.84. The van der Waals surface area contributed by atoms with Gasteiger partial charge in [-0.15, -0.1) is 12.4 Å². The fourth-order valence-corrected chi connectivity index (χ4v) is 5.00. The van der Waals surface area contributed by atoms with Crippen LogP contribution in [0.4, 0.5) is 0 Å². The molecule has 0 radical (unpaired) electrons. The third-order valence-corrected chi connectivity index (χ3v) is 6.32. The van der Waals surface area contributed by atoms with Gasteiger partial charge in [-0.3, -0.25) is 9.69 Å². The SMILES string of the molecule is Cl.O=C(O)[C@H]1CCC2C[C@H](C(c3ccccc3)c3ccccc3)CCN2C1. The Morgan fingerprint density at radius 3 is 2.07 bits per heavy atom. The van der Waals surface area contributed by atoms with Gasteiger partial charge in [0.25, 0.3) is 0 Å². The fraction of sp³-hybridized carbons (Fsp3) is 0.435. The largest absolute Gasteiger partial charge is 0.481 e. The van der Waals surface area contributed by atoms with Crippen molar-refractivity contribution in [3.05, 3.63) is 71.8 Å². The highest BCUT2D eigenvalue weighted by Gasteiger charge is 2.38. The topological polar surface area (TPSA) is 40.5 Å². The number of carboxylic acid groups (broad SMARTS) is 1. The molecule has 2 aromatic carbocycles. The Morgan fingerprint density at radius 1 is 0.926 bits per heavy atom. The number of hydrogen-bond donors (Lipinski definition) is 1. The highest BCUT2D eigenvalue weighted by Crippen LogP contribution is 2.42. The first-order valence-corrected chi connectivity index (χ1v) is 9.79. The van der Waals surface area contributed by atoms with Gasteiger partial charge in [-0.25, -0.2) is 0 Å². The van der Waals surface area contributed by atoms with Crippen molar-refractivity contribution in [2.75, 3.05) is 13.1 Å². The Labute approximate surface area is 167 Å². The first-order valence-electron chi connectivity index (χ1n) is 9.79. The summed E-state index contributed by atoms with van der Waals surface area (Å²) in [4.78, 5) is 13.8. The summed E-state index contributed by atoms with van der Waals surface area (Å²) in [5.41, 5.74) is 2.80. The van der Waals surface area contributed by atoms with Crippen LogP contribution in [0, 0.1) is 11.8 Å². The quantitative estimate of drug-likeness (QED) is 0.820. The number of aliphatic carboxylic acids is 1. The van der Waals surface area contributed by atoms with Crippen LogP contribution in [0.5, 0.6) is 0 Å². The molecule has 2 saturated heterocycles. The Balaban J connectivity index is 0.00000210. The summed E-state index contributed by atoms with van der Waals surface area (Å²) in [6.45, 7) is 1.75. The zero-order valence-corrected chi connectivity index (χ0v) is 16.4. The number of hydrogen-bond acceptors (Lipinski definition) is 2. The van der Waals surface area contributed by atoms with E-state index >= 15 is 0 Å². The van der Waals surface area contributed by atoms with Crippen LogP contribution in [0.1, 0.15) is 42.7 Å². The van der Waals surface area contributed by atoms with Gasteiger partial charge in [0.15, 0.2) is 0 Å². The average Bonchev–Trinajstić information content (AvgIpc) is 2.69. The molecule has 3 nitrogen and oxygen atoms in total. The van der Waals surface area contributed by atoms with Crippen LogP contribution < -0.4 is 0 Å². The molecule has 4 heteroatoms. The van der Waals surface area contributed by atoms with Gasteiger partial charge < -0.3 is 5.11 Å². The van der Waals surface area contributed by atoms with E-state index in [4.69, 9.17) is 0 Å². The second kappa shape index (κ2) is 8.90. The van der Waals surface area contributed by atoms with Gasteiger partial charge in [-0.2, -0.15) is 0 Å². The average molecular weight is 386 g/mol. The van der Waals surface area contributed by atoms with E-state index < -0.39 is 5.97 Å². The molecule has 0 spiro atoms. The lowest BCUT2D eigenvalue weighted by Crippen LogP contribution is -2.50. The van der Waals surface area contributed by atoms with E-state index in [2.05, 4.69) is 65.6 Å². The zero-order chi connectivity index (χ0) is 17.9. The Bertz CT molecular complexity index is 697. The van der Waals surface area contributed by atoms with Crippen LogP contribution >= 0.6 is 12.4 Å². The minimum absolute atomic E-state index is 0. The standard InChI is InChI=1S/C23H27NO2.ClH/c25-23(26)20-11-12-21-15-19(13-14-24(21)16-20)22(17-7-3-1-4-8-17)18-9-5-2-6-10-18;/h1-10,19-22H,11-16H2,(H,25,26);1H/t19-,20+,21?;/m1./s1. The molecule has 0 saturated carbocycles. The number of fused-ring (bicyclic) bond motifs is 1. The van der Waals surface area contributed by atoms with E-state index in [0.29, 0.717) is 17.9 Å². The van der Waals surface area contributed by atoms with E-state index in [-0.39, 0.29) is 18.3 Å². The minimum Gasteiger partial charge on any atom is -0.481 e. The van der Waals surface area contributed by atoms with Crippen molar-refractivity contribution in [3.63, 3.8) is 0 Å². The van der Waals surface area contributed by atoms with Crippen molar-refractivity contribution in [1.29, 1.82) is 0 Å². The molecule has 3 atom stereocenters. The lowest BCUT2D eigenvalue weighted by atomic mass is 9.72. The molecule has 0 amide bonds. The lowest BCUT2D eigenvalue weighted by Gasteiger charge is -2.46. The number of piperidine rings is 2. The van der Waals surface area contributed by atoms with Gasteiger partial charge in [0.05, 0.1) is 5.92 Å². The van der Waals surface area contributed by atoms with Gasteiger partial charge in [-0.1, -0.05) is 60.7 Å². The summed E-state index contributed by atoms with van der Waals surface area (Å²) in [6.07, 6.45) is 4.15. The first kappa shape index (κ1) is 19.9. The van der Waals surface area contributed by atoms with E-state index in [1.807, 2.05) is 0 Å². The Kier molecular flexibility index (Phi) is 6.56. The predicted molar refractivity (Wildman–Crippen MR) is 110 cm³/mol. The monoisotopic (exact) mass is 385 g/mol. The number of nitrogens with zero attached hydrogens (tertiary/aromatic N) is 1. The van der Waals surface area contributed by atoms with Gasteiger partial charge in [0.1, 0.15) is 0 Å². The lowest BCUT2D eigenvalue weighted by molar-refractivity contribution is -0.144. The van der Waals surface area contributed by atoms with Crippen LogP contribution in [0.25, 0.3) is 0 Å². The molecular formula is C23H28ClNO2. The van der Waals surface area contributed by atoms with Crippen molar-refractivity contribution in [2.24, 2.45) is 11.8 Å². The van der Waals surface area contributed by atoms with Crippen molar-refractivity contribution >= 4 is 18.4 Å². The molecule has 2 aliphatic rings. The maximum Gasteiger partial charge on any atom is 0.307 e. The first-order chi connectivity index (χ1) is 12.7. The molecule has 2 aromatic rings. The maximum atomic E-state index is 11.3. The highest BCUT2D eigenvalue weighted by atomic mass is 35.5. The number of benzene rings is 2. The molecule has 1 N–H and O–H groups in total. The fourth-order valence-electron chi connectivity index (χ4n) is 5.00. The van der Waals surface area contributed by atoms with Crippen molar-refractivity contribution in [2.45, 2.75) is 37.6 Å². The summed E-state index contributed by atoms with van der Waals surface area (Å²) in [6, 6.07) is 22.3. The van der Waals surface area contributed by atoms with E-state index in [1.165, 1.54) is 17.5 Å². The van der Waals surface area contributed by atoms with Gasteiger partial charge in [0.2, 0.25) is 0 Å². The summed E-state index contributed by atoms with van der Waals surface area (Å²) in [5, 5.41) is 9.34. The van der Waals surface area contributed by atoms with E-state index in [0.717, 1.165) is 32.4 Å². The van der Waals surface area contributed by atoms with Crippen molar-refractivity contribution in [3.8, 4) is 0 Å². The highest BCUT2D eigenvalue weighted by molar-refractivity contribution is 5.85. The minimum atomic E-state index is -0.628. The molecule has 2 aliphatic heterocycles. The Morgan fingerprint density at radius 2 is 1.52 bits per heavy atom. The number of halogens is 1. The molecule has 0 aromatic heterocycles. The molecule has 0 aliphatic carbocycles. The second-order valence-electron chi connectivity index (χ2n) is 7.84. The van der Waals surface area contributed by atoms with Crippen molar-refractivity contribution < 1.29 is 9.90 Å². The van der Waals surface area contributed by atoms with Crippen LogP contribution in [0.15, 0.2) is 60.7 Å². The van der Waals surface area contributed by atoms with Crippen LogP contribution in [0.3, 0.4) is 0 Å². The summed E-state index contributed by atoms with van der Waals surface area (Å²) in [7, 11) is 0. The van der Waals surface area contributed by atoms with E-state index in [1.54, 1.807) is 0 Å². The van der Waals surface area contributed by atoms with Crippen molar-refractivity contribution in [1.82, 2.24) is 4.90 Å². The molecule has 27 heavy (non-hydrogen) atoms. The molecule has 4 rings (SSSR count). The maximum absolute atomic E-state index is 11.3. The van der Waals surface area contributed by atoms with Gasteiger partial charge in [-0.05, 0) is 49.3 Å². The number of carboxylic acids is 1. The smallest absolute Gasteiger partial charge is 0.307 e. The van der Waals surface area contributed by atoms with Crippen LogP contribution in [0.2, 0.25) is 0 Å². The molecule has 144 valence electrons. The van der Waals surface area contributed by atoms with Crippen LogP contribution in [-0.2, 0) is 4.79 Å². The molecule has 0 bridgehead atoms. The third kappa shape index (κ3) is 4.36. The zero-order valence-electron chi connectivity index (χ0n) is 15.5. The molecule has 2 fully saturated rings. The summed E-state index contributed by atoms with van der Waals surface area (Å²) >= 11 is 0. The normalized spacial score (nSPS) is 25.4. The number of carbonyl (C=O) groups is 1. The van der Waals surface area contributed by atoms with Crippen LogP contribution in [-0.4, -0.2) is 35.1 Å². The summed E-state index contributed by atoms with van der Waals surface area (Å²) in [5.74, 6) is 0.234. The van der Waals surface area contributed by atoms with Gasteiger partial charge >= 0.3 is 5.97 Å². The third-order valence-electron chi connectivity index (χ3n) is 6.32. The van der Waals surface area contributed by atoms with E-state index in [9.17, 15) is 9.90 Å². The summed E-state index contributed by atoms with van der Waals surface area (Å²) < 4.78 is 0. The van der Waals surface area contributed by atoms with Gasteiger partial charge in [0, 0.05) is 18.5 Å². The predicted octanol–water partition coefficient (Wildman–Crippen LogP) is 4.82. The number of rotatable bonds is 4.